The van der Waals surface area contributed by atoms with Crippen LogP contribution in [0.5, 0.6) is 5.75 Å². The molecule has 2 aromatic carbocycles. The second kappa shape index (κ2) is 5.29. The van der Waals surface area contributed by atoms with Crippen LogP contribution < -0.4 is 4.74 Å². The van der Waals surface area contributed by atoms with E-state index < -0.39 is 0 Å². The minimum Gasteiger partial charge on any atom is -0.496 e. The lowest BCUT2D eigenvalue weighted by Gasteiger charge is -2.12. The summed E-state index contributed by atoms with van der Waals surface area (Å²) >= 11 is 9.47. The summed E-state index contributed by atoms with van der Waals surface area (Å²) in [7, 11) is 1.59. The largest absolute Gasteiger partial charge is 0.496 e. The molecule has 1 nitrogen and oxygen atoms in total. The molecule has 0 saturated heterocycles. The average molecular weight is 330 g/mol. The molecule has 2 aromatic rings. The Hall–Kier alpha value is -1.06. The first-order valence-electron chi connectivity index (χ1n) is 5.33. The van der Waals surface area contributed by atoms with Crippen molar-refractivity contribution in [1.82, 2.24) is 0 Å². The predicted molar refractivity (Wildman–Crippen MR) is 75.8 cm³/mol. The molecule has 0 atom stereocenters. The molecule has 0 unspecified atom stereocenters. The van der Waals surface area contributed by atoms with Gasteiger partial charge < -0.3 is 4.74 Å². The Kier molecular flexibility index (Phi) is 3.93. The van der Waals surface area contributed by atoms with E-state index in [1.54, 1.807) is 19.2 Å². The van der Waals surface area contributed by atoms with Gasteiger partial charge in [0.15, 0.2) is 0 Å². The van der Waals surface area contributed by atoms with E-state index in [1.165, 1.54) is 6.07 Å². The Morgan fingerprint density at radius 2 is 2.00 bits per heavy atom. The quantitative estimate of drug-likeness (QED) is 0.733. The Balaban J connectivity index is 2.68. The number of aryl methyl sites for hydroxylation is 1. The molecule has 0 radical (unpaired) electrons. The lowest BCUT2D eigenvalue weighted by Crippen LogP contribution is -1.92. The zero-order valence-corrected chi connectivity index (χ0v) is 12.3. The third-order valence-corrected chi connectivity index (χ3v) is 3.67. The Morgan fingerprint density at radius 3 is 2.61 bits per heavy atom. The summed E-state index contributed by atoms with van der Waals surface area (Å²) in [5.41, 5.74) is 2.08. The van der Waals surface area contributed by atoms with Crippen molar-refractivity contribution in [2.45, 2.75) is 6.92 Å². The van der Waals surface area contributed by atoms with E-state index >= 15 is 0 Å². The molecule has 0 heterocycles. The molecule has 0 amide bonds. The zero-order valence-electron chi connectivity index (χ0n) is 9.93. The highest BCUT2D eigenvalue weighted by atomic mass is 79.9. The van der Waals surface area contributed by atoms with Crippen molar-refractivity contribution in [1.29, 1.82) is 0 Å². The SMILES string of the molecule is COc1cc(C)c(-c2c(F)cccc2Cl)cc1Br. The fourth-order valence-electron chi connectivity index (χ4n) is 1.84. The first kappa shape index (κ1) is 13.4. The number of methoxy groups -OCH3 is 1. The highest BCUT2D eigenvalue weighted by molar-refractivity contribution is 9.10. The van der Waals surface area contributed by atoms with Gasteiger partial charge in [0.25, 0.3) is 0 Å². The van der Waals surface area contributed by atoms with Crippen molar-refractivity contribution in [3.63, 3.8) is 0 Å². The van der Waals surface area contributed by atoms with Gasteiger partial charge in [0.05, 0.1) is 16.6 Å². The maximum Gasteiger partial charge on any atom is 0.133 e. The fourth-order valence-corrected chi connectivity index (χ4v) is 2.61. The monoisotopic (exact) mass is 328 g/mol. The zero-order chi connectivity index (χ0) is 13.3. The Morgan fingerprint density at radius 1 is 1.28 bits per heavy atom. The van der Waals surface area contributed by atoms with Gasteiger partial charge in [-0.3, -0.25) is 0 Å². The molecular formula is C14H11BrClFO. The lowest BCUT2D eigenvalue weighted by atomic mass is 10.00. The maximum absolute atomic E-state index is 13.9. The normalized spacial score (nSPS) is 10.5. The molecule has 18 heavy (non-hydrogen) atoms. The van der Waals surface area contributed by atoms with E-state index in [1.807, 2.05) is 19.1 Å². The van der Waals surface area contributed by atoms with Crippen molar-refractivity contribution in [2.75, 3.05) is 7.11 Å². The third-order valence-electron chi connectivity index (χ3n) is 2.73. The Bertz CT molecular complexity index is 578. The van der Waals surface area contributed by atoms with Crippen molar-refractivity contribution in [2.24, 2.45) is 0 Å². The summed E-state index contributed by atoms with van der Waals surface area (Å²) in [5, 5.41) is 0.398. The first-order valence-corrected chi connectivity index (χ1v) is 6.50. The third kappa shape index (κ3) is 2.38. The van der Waals surface area contributed by atoms with Crippen LogP contribution in [0.3, 0.4) is 0 Å². The Labute approximate surface area is 119 Å². The summed E-state index contributed by atoms with van der Waals surface area (Å²) in [6.45, 7) is 1.90. The molecule has 0 saturated carbocycles. The molecule has 0 N–H and O–H groups in total. The van der Waals surface area contributed by atoms with Gasteiger partial charge in [-0.2, -0.15) is 0 Å². The van der Waals surface area contributed by atoms with Crippen molar-refractivity contribution < 1.29 is 9.13 Å². The maximum atomic E-state index is 13.9. The van der Waals surface area contributed by atoms with Crippen LogP contribution in [0.15, 0.2) is 34.8 Å². The second-order valence-electron chi connectivity index (χ2n) is 3.90. The van der Waals surface area contributed by atoms with Gasteiger partial charge in [-0.15, -0.1) is 0 Å². The molecule has 0 aliphatic rings. The summed E-state index contributed by atoms with van der Waals surface area (Å²) in [4.78, 5) is 0. The van der Waals surface area contributed by atoms with E-state index in [2.05, 4.69) is 15.9 Å². The van der Waals surface area contributed by atoms with Crippen LogP contribution in [0, 0.1) is 12.7 Å². The van der Waals surface area contributed by atoms with Crippen LogP contribution in [0.25, 0.3) is 11.1 Å². The standard InChI is InChI=1S/C14H11BrClFO/c1-8-6-13(18-2)10(15)7-9(8)14-11(16)4-3-5-12(14)17/h3-7H,1-2H3. The van der Waals surface area contributed by atoms with E-state index in [0.717, 1.165) is 15.6 Å². The van der Waals surface area contributed by atoms with E-state index in [9.17, 15) is 4.39 Å². The molecule has 94 valence electrons. The molecule has 2 rings (SSSR count). The van der Waals surface area contributed by atoms with Crippen LogP contribution in [-0.2, 0) is 0 Å². The van der Waals surface area contributed by atoms with Crippen LogP contribution >= 0.6 is 27.5 Å². The first-order chi connectivity index (χ1) is 8.54. The highest BCUT2D eigenvalue weighted by Gasteiger charge is 2.14. The van der Waals surface area contributed by atoms with Crippen molar-refractivity contribution in [3.8, 4) is 16.9 Å². The highest BCUT2D eigenvalue weighted by Crippen LogP contribution is 2.37. The molecule has 0 fully saturated rings. The van der Waals surface area contributed by atoms with Gasteiger partial charge >= 0.3 is 0 Å². The van der Waals surface area contributed by atoms with E-state index in [-0.39, 0.29) is 5.82 Å². The number of rotatable bonds is 2. The summed E-state index contributed by atoms with van der Waals surface area (Å²) in [6.07, 6.45) is 0. The molecule has 4 heteroatoms. The van der Waals surface area contributed by atoms with E-state index in [4.69, 9.17) is 16.3 Å². The molecule has 0 spiro atoms. The van der Waals surface area contributed by atoms with Gasteiger partial charge in [-0.25, -0.2) is 4.39 Å². The van der Waals surface area contributed by atoms with Gasteiger partial charge in [0, 0.05) is 5.56 Å². The van der Waals surface area contributed by atoms with Gasteiger partial charge in [0.1, 0.15) is 11.6 Å². The van der Waals surface area contributed by atoms with Crippen LogP contribution in [0.4, 0.5) is 4.39 Å². The number of hydrogen-bond donors (Lipinski definition) is 0. The smallest absolute Gasteiger partial charge is 0.133 e. The van der Waals surface area contributed by atoms with Crippen molar-refractivity contribution >= 4 is 27.5 Å². The van der Waals surface area contributed by atoms with Gasteiger partial charge in [-0.05, 0) is 58.2 Å². The number of halogens is 3. The average Bonchev–Trinajstić information content (AvgIpc) is 2.32. The number of benzene rings is 2. The van der Waals surface area contributed by atoms with Gasteiger partial charge in [0.2, 0.25) is 0 Å². The lowest BCUT2D eigenvalue weighted by molar-refractivity contribution is 0.412. The van der Waals surface area contributed by atoms with Crippen LogP contribution in [-0.4, -0.2) is 7.11 Å². The predicted octanol–water partition coefficient (Wildman–Crippen LogP) is 5.23. The van der Waals surface area contributed by atoms with E-state index in [0.29, 0.717) is 16.3 Å². The summed E-state index contributed by atoms with van der Waals surface area (Å²) in [5.74, 6) is 0.381. The number of hydrogen-bond acceptors (Lipinski definition) is 1. The summed E-state index contributed by atoms with van der Waals surface area (Å²) in [6, 6.07) is 8.34. The molecule has 0 bridgehead atoms. The fraction of sp³-hybridized carbons (Fsp3) is 0.143. The molecular weight excluding hydrogens is 319 g/mol. The minimum atomic E-state index is -0.331. The second-order valence-corrected chi connectivity index (χ2v) is 5.16. The van der Waals surface area contributed by atoms with Crippen LogP contribution in [0.1, 0.15) is 5.56 Å². The topological polar surface area (TPSA) is 9.23 Å². The molecule has 0 aromatic heterocycles. The molecule has 0 aliphatic carbocycles. The van der Waals surface area contributed by atoms with Gasteiger partial charge in [-0.1, -0.05) is 17.7 Å². The summed E-state index contributed by atoms with van der Waals surface area (Å²) < 4.78 is 19.9. The number of ether oxygens (including phenoxy) is 1. The van der Waals surface area contributed by atoms with Crippen LogP contribution in [0.2, 0.25) is 5.02 Å². The van der Waals surface area contributed by atoms with Crippen molar-refractivity contribution in [3.05, 3.63) is 51.2 Å². The minimum absolute atomic E-state index is 0.331. The molecule has 0 aliphatic heterocycles.